The molecule has 0 fully saturated rings. The first kappa shape index (κ1) is 13.6. The van der Waals surface area contributed by atoms with Gasteiger partial charge in [0.05, 0.1) is 23.8 Å². The van der Waals surface area contributed by atoms with Crippen molar-refractivity contribution in [1.82, 2.24) is 9.97 Å². The van der Waals surface area contributed by atoms with Crippen LogP contribution in [0.15, 0.2) is 24.3 Å². The molecule has 0 aliphatic rings. The third-order valence-corrected chi connectivity index (χ3v) is 2.98. The number of hydrogen-bond acceptors (Lipinski definition) is 4. The van der Waals surface area contributed by atoms with Crippen LogP contribution >= 0.6 is 0 Å². The van der Waals surface area contributed by atoms with Crippen LogP contribution in [-0.4, -0.2) is 15.1 Å². The van der Waals surface area contributed by atoms with E-state index >= 15 is 0 Å². The number of rotatable bonds is 3. The molecule has 0 bridgehead atoms. The number of imidazole rings is 1. The summed E-state index contributed by atoms with van der Waals surface area (Å²) in [4.78, 5) is 6.68. The number of nitriles is 2. The number of hydrogen-bond donors (Lipinski definition) is 2. The van der Waals surface area contributed by atoms with E-state index in [1.807, 2.05) is 12.1 Å². The second-order valence-electron chi connectivity index (χ2n) is 4.32. The van der Waals surface area contributed by atoms with Gasteiger partial charge in [-0.1, -0.05) is 12.1 Å². The molecule has 2 rings (SSSR count). The van der Waals surface area contributed by atoms with Gasteiger partial charge >= 0.3 is 0 Å². The van der Waals surface area contributed by atoms with E-state index in [4.69, 9.17) is 10.5 Å². The van der Waals surface area contributed by atoms with E-state index in [0.29, 0.717) is 11.4 Å². The van der Waals surface area contributed by atoms with Crippen LogP contribution in [0.1, 0.15) is 23.0 Å². The lowest BCUT2D eigenvalue weighted by Gasteiger charge is -2.16. The fourth-order valence-electron chi connectivity index (χ4n) is 2.09. The highest BCUT2D eigenvalue weighted by Crippen LogP contribution is 2.35. The van der Waals surface area contributed by atoms with Crippen LogP contribution in [0, 0.1) is 41.3 Å². The summed E-state index contributed by atoms with van der Waals surface area (Å²) in [5, 5.41) is 28.0. The Morgan fingerprint density at radius 2 is 1.85 bits per heavy atom. The molecule has 0 saturated heterocycles. The highest BCUT2D eigenvalue weighted by molar-refractivity contribution is 5.38. The van der Waals surface area contributed by atoms with Crippen molar-refractivity contribution >= 4 is 0 Å². The maximum atomic E-state index is 13.0. The topological polar surface area (TPSA) is 96.5 Å². The molecule has 0 saturated carbocycles. The molecular weight excluding hydrogens is 259 g/mol. The Labute approximate surface area is 114 Å². The van der Waals surface area contributed by atoms with Gasteiger partial charge in [0.1, 0.15) is 17.6 Å². The quantitative estimate of drug-likeness (QED) is 0.894. The number of aromatic amines is 1. The molecule has 0 unspecified atom stereocenters. The van der Waals surface area contributed by atoms with Gasteiger partial charge in [-0.3, -0.25) is 0 Å². The van der Waals surface area contributed by atoms with Crippen molar-refractivity contribution in [1.29, 1.82) is 10.5 Å². The minimum Gasteiger partial charge on any atom is -0.492 e. The van der Waals surface area contributed by atoms with Crippen molar-refractivity contribution in [2.75, 3.05) is 0 Å². The summed E-state index contributed by atoms with van der Waals surface area (Å²) in [6.07, 6.45) is 0. The maximum absolute atomic E-state index is 13.0. The molecular formula is C14H11FN4O. The number of nitrogens with zero attached hydrogens (tertiary/aromatic N) is 3. The molecule has 0 amide bonds. The number of benzene rings is 1. The van der Waals surface area contributed by atoms with Crippen molar-refractivity contribution < 1.29 is 9.50 Å². The van der Waals surface area contributed by atoms with Gasteiger partial charge in [-0.25, -0.2) is 4.39 Å². The van der Waals surface area contributed by atoms with Gasteiger partial charge in [0.25, 0.3) is 0 Å². The van der Waals surface area contributed by atoms with Crippen LogP contribution in [0.2, 0.25) is 0 Å². The summed E-state index contributed by atoms with van der Waals surface area (Å²) < 4.78 is 13.0. The molecule has 0 spiro atoms. The Bertz CT molecular complexity index is 679. The smallest absolute Gasteiger partial charge is 0.233 e. The summed E-state index contributed by atoms with van der Waals surface area (Å²) in [5.41, 5.74) is 0.834. The van der Waals surface area contributed by atoms with E-state index in [0.717, 1.165) is 0 Å². The van der Waals surface area contributed by atoms with Gasteiger partial charge in [-0.2, -0.15) is 15.5 Å². The molecule has 1 aromatic carbocycles. The minimum absolute atomic E-state index is 0.257. The number of aryl methyl sites for hydroxylation is 1. The van der Waals surface area contributed by atoms with E-state index in [9.17, 15) is 9.50 Å². The van der Waals surface area contributed by atoms with Gasteiger partial charge in [0, 0.05) is 0 Å². The van der Waals surface area contributed by atoms with Gasteiger partial charge in [0.2, 0.25) is 5.88 Å². The molecule has 1 heterocycles. The van der Waals surface area contributed by atoms with Gasteiger partial charge in [0.15, 0.2) is 0 Å². The molecule has 5 nitrogen and oxygen atoms in total. The average molecular weight is 270 g/mol. The van der Waals surface area contributed by atoms with E-state index in [-0.39, 0.29) is 11.6 Å². The second-order valence-corrected chi connectivity index (χ2v) is 4.32. The number of aromatic hydroxyl groups is 1. The molecule has 0 aliphatic carbocycles. The average Bonchev–Trinajstić information content (AvgIpc) is 2.76. The zero-order chi connectivity index (χ0) is 14.7. The summed E-state index contributed by atoms with van der Waals surface area (Å²) in [6, 6.07) is 9.23. The Kier molecular flexibility index (Phi) is 3.67. The zero-order valence-corrected chi connectivity index (χ0v) is 10.6. The van der Waals surface area contributed by atoms with Crippen molar-refractivity contribution in [2.24, 2.45) is 5.92 Å². The van der Waals surface area contributed by atoms with E-state index in [1.165, 1.54) is 24.3 Å². The first-order chi connectivity index (χ1) is 9.56. The van der Waals surface area contributed by atoms with Crippen LogP contribution in [0.3, 0.4) is 0 Å². The Balaban J connectivity index is 2.57. The normalized spacial score (nSPS) is 11.8. The predicted molar refractivity (Wildman–Crippen MR) is 67.9 cm³/mol. The van der Waals surface area contributed by atoms with Gasteiger partial charge in [-0.05, 0) is 24.6 Å². The minimum atomic E-state index is -1.02. The number of halogens is 1. The number of nitrogens with one attached hydrogen (secondary N) is 1. The Morgan fingerprint density at radius 3 is 2.30 bits per heavy atom. The van der Waals surface area contributed by atoms with Crippen molar-refractivity contribution in [3.8, 4) is 18.0 Å². The largest absolute Gasteiger partial charge is 0.492 e. The first-order valence-corrected chi connectivity index (χ1v) is 5.87. The summed E-state index contributed by atoms with van der Waals surface area (Å²) in [5.74, 6) is -1.94. The molecule has 100 valence electrons. The molecule has 1 aromatic heterocycles. The van der Waals surface area contributed by atoms with Crippen LogP contribution in [0.5, 0.6) is 5.88 Å². The summed E-state index contributed by atoms with van der Waals surface area (Å²) in [7, 11) is 0. The van der Waals surface area contributed by atoms with Crippen molar-refractivity contribution in [3.63, 3.8) is 0 Å². The third-order valence-electron chi connectivity index (χ3n) is 2.98. The lowest BCUT2D eigenvalue weighted by molar-refractivity contribution is 0.442. The lowest BCUT2D eigenvalue weighted by Crippen LogP contribution is -2.12. The molecule has 6 heteroatoms. The molecule has 2 N–H and O–H groups in total. The van der Waals surface area contributed by atoms with Gasteiger partial charge < -0.3 is 10.1 Å². The first-order valence-electron chi connectivity index (χ1n) is 5.87. The molecule has 2 aromatic rings. The lowest BCUT2D eigenvalue weighted by atomic mass is 9.85. The van der Waals surface area contributed by atoms with E-state index in [2.05, 4.69) is 9.97 Å². The third kappa shape index (κ3) is 2.45. The fraction of sp³-hybridized carbons (Fsp3) is 0.214. The second kappa shape index (κ2) is 5.41. The van der Waals surface area contributed by atoms with Crippen LogP contribution < -0.4 is 0 Å². The monoisotopic (exact) mass is 270 g/mol. The Morgan fingerprint density at radius 1 is 1.25 bits per heavy atom. The predicted octanol–water partition coefficient (Wildman–Crippen LogP) is 2.36. The molecule has 0 aliphatic heterocycles. The number of aromatic nitrogens is 2. The Hall–Kier alpha value is -2.86. The van der Waals surface area contributed by atoms with E-state index in [1.54, 1.807) is 6.92 Å². The van der Waals surface area contributed by atoms with E-state index < -0.39 is 17.7 Å². The number of H-pyrrole nitrogens is 1. The van der Waals surface area contributed by atoms with Crippen molar-refractivity contribution in [3.05, 3.63) is 47.2 Å². The maximum Gasteiger partial charge on any atom is 0.233 e. The standard InChI is InChI=1S/C14H11FN4O/c1-8-18-13(14(20)19-8)12(10(6-16)7-17)9-2-4-11(15)5-3-9/h2-5,10,12,20H,1H3,(H,18,19)/t12-/m1/s1. The van der Waals surface area contributed by atoms with Crippen molar-refractivity contribution in [2.45, 2.75) is 12.8 Å². The molecule has 1 atom stereocenters. The zero-order valence-electron chi connectivity index (χ0n) is 10.6. The van der Waals surface area contributed by atoms with Gasteiger partial charge in [-0.15, -0.1) is 0 Å². The molecule has 20 heavy (non-hydrogen) atoms. The van der Waals surface area contributed by atoms with Crippen LogP contribution in [0.4, 0.5) is 4.39 Å². The van der Waals surface area contributed by atoms with Crippen LogP contribution in [-0.2, 0) is 0 Å². The molecule has 0 radical (unpaired) electrons. The summed E-state index contributed by atoms with van der Waals surface area (Å²) in [6.45, 7) is 1.65. The summed E-state index contributed by atoms with van der Waals surface area (Å²) >= 11 is 0. The highest BCUT2D eigenvalue weighted by Gasteiger charge is 2.29. The SMILES string of the molecule is Cc1nc(O)c([C@H](c2ccc(F)cc2)C(C#N)C#N)[nH]1. The fourth-order valence-corrected chi connectivity index (χ4v) is 2.09. The van der Waals surface area contributed by atoms with Crippen LogP contribution in [0.25, 0.3) is 0 Å². The highest BCUT2D eigenvalue weighted by atomic mass is 19.1.